The van der Waals surface area contributed by atoms with Gasteiger partial charge in [0.2, 0.25) is 0 Å². The highest BCUT2D eigenvalue weighted by molar-refractivity contribution is 5.87. The van der Waals surface area contributed by atoms with Crippen molar-refractivity contribution in [1.82, 2.24) is 9.97 Å². The van der Waals surface area contributed by atoms with Crippen LogP contribution >= 0.6 is 0 Å². The number of ether oxygens (including phenoxy) is 2. The zero-order valence-electron chi connectivity index (χ0n) is 10.5. The SMILES string of the molecule is COc1cccc(-c2ncc(C(=O)O)cn2)c1OC. The first-order valence-electron chi connectivity index (χ1n) is 5.44. The molecule has 0 aliphatic heterocycles. The van der Waals surface area contributed by atoms with Gasteiger partial charge in [0.1, 0.15) is 0 Å². The first-order valence-corrected chi connectivity index (χ1v) is 5.44. The quantitative estimate of drug-likeness (QED) is 0.903. The Morgan fingerprint density at radius 3 is 2.37 bits per heavy atom. The number of rotatable bonds is 4. The van der Waals surface area contributed by atoms with Gasteiger partial charge in [0.25, 0.3) is 0 Å². The Hall–Kier alpha value is -2.63. The maximum Gasteiger partial charge on any atom is 0.338 e. The van der Waals surface area contributed by atoms with Crippen molar-refractivity contribution in [1.29, 1.82) is 0 Å². The predicted octanol–water partition coefficient (Wildman–Crippen LogP) is 1.86. The number of carboxylic acid groups (broad SMARTS) is 1. The van der Waals surface area contributed by atoms with E-state index in [1.54, 1.807) is 18.2 Å². The smallest absolute Gasteiger partial charge is 0.338 e. The van der Waals surface area contributed by atoms with Crippen LogP contribution in [0, 0.1) is 0 Å². The predicted molar refractivity (Wildman–Crippen MR) is 67.5 cm³/mol. The van der Waals surface area contributed by atoms with Crippen molar-refractivity contribution in [3.63, 3.8) is 0 Å². The van der Waals surface area contributed by atoms with E-state index in [0.717, 1.165) is 0 Å². The highest BCUT2D eigenvalue weighted by atomic mass is 16.5. The zero-order valence-corrected chi connectivity index (χ0v) is 10.5. The molecule has 0 aliphatic rings. The molecule has 1 heterocycles. The van der Waals surface area contributed by atoms with E-state index in [9.17, 15) is 4.79 Å². The van der Waals surface area contributed by atoms with Gasteiger partial charge in [0, 0.05) is 12.4 Å². The lowest BCUT2D eigenvalue weighted by Crippen LogP contribution is -2.00. The van der Waals surface area contributed by atoms with Crippen LogP contribution in [0.4, 0.5) is 0 Å². The molecule has 0 unspecified atom stereocenters. The van der Waals surface area contributed by atoms with Crippen molar-refractivity contribution in [3.8, 4) is 22.9 Å². The second kappa shape index (κ2) is 5.34. The molecule has 0 bridgehead atoms. The van der Waals surface area contributed by atoms with E-state index in [2.05, 4.69) is 9.97 Å². The number of nitrogens with zero attached hydrogens (tertiary/aromatic N) is 2. The van der Waals surface area contributed by atoms with Crippen molar-refractivity contribution in [2.45, 2.75) is 0 Å². The van der Waals surface area contributed by atoms with E-state index in [0.29, 0.717) is 22.9 Å². The zero-order chi connectivity index (χ0) is 13.8. The molecule has 0 atom stereocenters. The lowest BCUT2D eigenvalue weighted by atomic mass is 10.1. The Morgan fingerprint density at radius 2 is 1.84 bits per heavy atom. The summed E-state index contributed by atoms with van der Waals surface area (Å²) in [7, 11) is 3.06. The summed E-state index contributed by atoms with van der Waals surface area (Å²) >= 11 is 0. The standard InChI is InChI=1S/C13H12N2O4/c1-18-10-5-3-4-9(11(10)19-2)12-14-6-8(7-15-12)13(16)17/h3-7H,1-2H3,(H,16,17). The number of para-hydroxylation sites is 1. The number of carboxylic acids is 1. The third-order valence-corrected chi connectivity index (χ3v) is 2.54. The molecule has 1 N–H and O–H groups in total. The lowest BCUT2D eigenvalue weighted by molar-refractivity contribution is 0.0696. The molecule has 6 heteroatoms. The molecule has 0 amide bonds. The van der Waals surface area contributed by atoms with Crippen LogP contribution in [0.15, 0.2) is 30.6 Å². The molecule has 0 saturated carbocycles. The minimum absolute atomic E-state index is 0.0330. The van der Waals surface area contributed by atoms with Gasteiger partial charge >= 0.3 is 5.97 Å². The Bertz CT molecular complexity index is 596. The third-order valence-electron chi connectivity index (χ3n) is 2.54. The second-order valence-electron chi connectivity index (χ2n) is 3.64. The summed E-state index contributed by atoms with van der Waals surface area (Å²) in [5.41, 5.74) is 0.671. The fourth-order valence-electron chi connectivity index (χ4n) is 1.64. The van der Waals surface area contributed by atoms with Gasteiger partial charge in [-0.3, -0.25) is 0 Å². The molecule has 2 aromatic rings. The van der Waals surface area contributed by atoms with Crippen LogP contribution in [0.3, 0.4) is 0 Å². The number of benzene rings is 1. The van der Waals surface area contributed by atoms with Gasteiger partial charge in [0.05, 0.1) is 25.3 Å². The van der Waals surface area contributed by atoms with Gasteiger partial charge in [0.15, 0.2) is 17.3 Å². The van der Waals surface area contributed by atoms with E-state index in [1.807, 2.05) is 0 Å². The van der Waals surface area contributed by atoms with Crippen LogP contribution in [-0.4, -0.2) is 35.3 Å². The minimum atomic E-state index is -1.07. The molecule has 1 aromatic heterocycles. The monoisotopic (exact) mass is 260 g/mol. The number of carbonyl (C=O) groups is 1. The van der Waals surface area contributed by atoms with Crippen molar-refractivity contribution in [3.05, 3.63) is 36.2 Å². The average molecular weight is 260 g/mol. The summed E-state index contributed by atoms with van der Waals surface area (Å²) in [6.07, 6.45) is 2.51. The number of aromatic nitrogens is 2. The van der Waals surface area contributed by atoms with E-state index in [1.165, 1.54) is 26.6 Å². The van der Waals surface area contributed by atoms with Gasteiger partial charge in [-0.05, 0) is 12.1 Å². The summed E-state index contributed by atoms with van der Waals surface area (Å²) in [5, 5.41) is 8.80. The van der Waals surface area contributed by atoms with Crippen LogP contribution in [0.5, 0.6) is 11.5 Å². The fraction of sp³-hybridized carbons (Fsp3) is 0.154. The highest BCUT2D eigenvalue weighted by Crippen LogP contribution is 2.35. The van der Waals surface area contributed by atoms with Crippen molar-refractivity contribution in [2.75, 3.05) is 14.2 Å². The first-order chi connectivity index (χ1) is 9.17. The Morgan fingerprint density at radius 1 is 1.16 bits per heavy atom. The number of hydrogen-bond acceptors (Lipinski definition) is 5. The van der Waals surface area contributed by atoms with Crippen molar-refractivity contribution < 1.29 is 19.4 Å². The Balaban J connectivity index is 2.49. The Labute approximate surface area is 109 Å². The maximum absolute atomic E-state index is 10.7. The van der Waals surface area contributed by atoms with E-state index in [4.69, 9.17) is 14.6 Å². The normalized spacial score (nSPS) is 10.0. The van der Waals surface area contributed by atoms with Crippen LogP contribution in [0.1, 0.15) is 10.4 Å². The molecule has 19 heavy (non-hydrogen) atoms. The van der Waals surface area contributed by atoms with Gasteiger partial charge in [-0.1, -0.05) is 6.07 Å². The molecule has 0 saturated heterocycles. The average Bonchev–Trinajstić information content (AvgIpc) is 2.46. The molecule has 0 fully saturated rings. The van der Waals surface area contributed by atoms with Crippen molar-refractivity contribution >= 4 is 5.97 Å². The summed E-state index contributed by atoms with van der Waals surface area (Å²) in [6, 6.07) is 5.32. The summed E-state index contributed by atoms with van der Waals surface area (Å²) < 4.78 is 10.5. The largest absolute Gasteiger partial charge is 0.493 e. The van der Waals surface area contributed by atoms with Gasteiger partial charge in [-0.15, -0.1) is 0 Å². The van der Waals surface area contributed by atoms with Crippen LogP contribution < -0.4 is 9.47 Å². The summed E-state index contributed by atoms with van der Waals surface area (Å²) in [6.45, 7) is 0. The molecule has 2 rings (SSSR count). The molecule has 0 radical (unpaired) electrons. The maximum atomic E-state index is 10.7. The van der Waals surface area contributed by atoms with Crippen LogP contribution in [0.2, 0.25) is 0 Å². The topological polar surface area (TPSA) is 81.5 Å². The molecule has 98 valence electrons. The second-order valence-corrected chi connectivity index (χ2v) is 3.64. The van der Waals surface area contributed by atoms with Gasteiger partial charge in [-0.25, -0.2) is 14.8 Å². The van der Waals surface area contributed by atoms with E-state index < -0.39 is 5.97 Å². The number of hydrogen-bond donors (Lipinski definition) is 1. The van der Waals surface area contributed by atoms with E-state index >= 15 is 0 Å². The molecular weight excluding hydrogens is 248 g/mol. The first kappa shape index (κ1) is 12.8. The lowest BCUT2D eigenvalue weighted by Gasteiger charge is -2.11. The molecule has 1 aromatic carbocycles. The van der Waals surface area contributed by atoms with Crippen LogP contribution in [-0.2, 0) is 0 Å². The van der Waals surface area contributed by atoms with Crippen molar-refractivity contribution in [2.24, 2.45) is 0 Å². The van der Waals surface area contributed by atoms with Gasteiger partial charge < -0.3 is 14.6 Å². The summed E-state index contributed by atoms with van der Waals surface area (Å²) in [5.74, 6) is 0.379. The molecule has 0 spiro atoms. The highest BCUT2D eigenvalue weighted by Gasteiger charge is 2.14. The number of aromatic carboxylic acids is 1. The molecule has 6 nitrogen and oxygen atoms in total. The number of methoxy groups -OCH3 is 2. The summed E-state index contributed by atoms with van der Waals surface area (Å²) in [4.78, 5) is 18.8. The minimum Gasteiger partial charge on any atom is -0.493 e. The molecular formula is C13H12N2O4. The fourth-order valence-corrected chi connectivity index (χ4v) is 1.64. The Kier molecular flexibility index (Phi) is 3.61. The van der Waals surface area contributed by atoms with Gasteiger partial charge in [-0.2, -0.15) is 0 Å². The van der Waals surface area contributed by atoms with E-state index in [-0.39, 0.29) is 5.56 Å². The molecule has 0 aliphatic carbocycles. The third kappa shape index (κ3) is 2.47. The van der Waals surface area contributed by atoms with Crippen LogP contribution in [0.25, 0.3) is 11.4 Å².